The van der Waals surface area contributed by atoms with Crippen LogP contribution >= 0.6 is 11.3 Å². The van der Waals surface area contributed by atoms with Gasteiger partial charge in [0.15, 0.2) is 5.76 Å². The molecule has 1 amide bonds. The molecule has 148 valence electrons. The standard InChI is InChI=1S/C20H12F3NO4S/c21-20(22,23)11-4-1-5-12(10-11)24-16(13-6-2-8-28-13)15(18(26)19(24)27)17(25)14-7-3-9-29-14/h1-10,16,26H. The number of alkyl halides is 3. The van der Waals surface area contributed by atoms with Crippen LogP contribution in [-0.4, -0.2) is 16.8 Å². The minimum atomic E-state index is -4.62. The molecule has 29 heavy (non-hydrogen) atoms. The molecule has 0 spiro atoms. The van der Waals surface area contributed by atoms with Gasteiger partial charge in [0.05, 0.1) is 22.3 Å². The second-order valence-corrected chi connectivity index (χ2v) is 7.16. The molecular weight excluding hydrogens is 407 g/mol. The predicted octanol–water partition coefficient (Wildman–Crippen LogP) is 5.14. The summed E-state index contributed by atoms with van der Waals surface area (Å²) in [6, 6.07) is 9.09. The maximum Gasteiger partial charge on any atom is 0.416 e. The highest BCUT2D eigenvalue weighted by Gasteiger charge is 2.46. The lowest BCUT2D eigenvalue weighted by molar-refractivity contribution is -0.137. The summed E-state index contributed by atoms with van der Waals surface area (Å²) in [6.45, 7) is 0. The van der Waals surface area contributed by atoms with Gasteiger partial charge in [-0.15, -0.1) is 11.3 Å². The Balaban J connectivity index is 1.86. The lowest BCUT2D eigenvalue weighted by Gasteiger charge is -2.25. The Morgan fingerprint density at radius 2 is 1.93 bits per heavy atom. The van der Waals surface area contributed by atoms with E-state index in [1.165, 1.54) is 30.5 Å². The fourth-order valence-electron chi connectivity index (χ4n) is 3.19. The summed E-state index contributed by atoms with van der Waals surface area (Å²) in [7, 11) is 0. The highest BCUT2D eigenvalue weighted by Crippen LogP contribution is 2.43. The topological polar surface area (TPSA) is 70.8 Å². The van der Waals surface area contributed by atoms with Crippen LogP contribution in [-0.2, 0) is 11.0 Å². The van der Waals surface area contributed by atoms with Crippen molar-refractivity contribution in [2.75, 3.05) is 4.90 Å². The Hall–Kier alpha value is -3.33. The second-order valence-electron chi connectivity index (χ2n) is 6.21. The number of furan rings is 1. The summed E-state index contributed by atoms with van der Waals surface area (Å²) in [5.41, 5.74) is -1.32. The predicted molar refractivity (Wildman–Crippen MR) is 98.7 cm³/mol. The van der Waals surface area contributed by atoms with Gasteiger partial charge >= 0.3 is 6.18 Å². The van der Waals surface area contributed by atoms with Gasteiger partial charge in [-0.2, -0.15) is 13.2 Å². The van der Waals surface area contributed by atoms with E-state index in [2.05, 4.69) is 0 Å². The molecule has 0 saturated carbocycles. The van der Waals surface area contributed by atoms with Gasteiger partial charge in [-0.05, 0) is 41.8 Å². The summed E-state index contributed by atoms with van der Waals surface area (Å²) in [5, 5.41) is 12.1. The summed E-state index contributed by atoms with van der Waals surface area (Å²) in [4.78, 5) is 27.0. The third-order valence-electron chi connectivity index (χ3n) is 4.46. The van der Waals surface area contributed by atoms with Crippen molar-refractivity contribution in [1.29, 1.82) is 0 Å². The van der Waals surface area contributed by atoms with Crippen LogP contribution in [0.5, 0.6) is 0 Å². The number of halogens is 3. The van der Waals surface area contributed by atoms with E-state index in [-0.39, 0.29) is 21.9 Å². The average Bonchev–Trinajstić information content (AvgIpc) is 3.43. The number of Topliss-reactive ketones (excluding diaryl/α,β-unsaturated/α-hetero) is 1. The maximum atomic E-state index is 13.2. The number of thiophene rings is 1. The zero-order chi connectivity index (χ0) is 20.8. The average molecular weight is 419 g/mol. The van der Waals surface area contributed by atoms with E-state index in [4.69, 9.17) is 4.42 Å². The summed E-state index contributed by atoms with van der Waals surface area (Å²) in [6.07, 6.45) is -3.31. The Labute approximate surface area is 166 Å². The SMILES string of the molecule is O=C(C1=C(O)C(=O)N(c2cccc(C(F)(F)F)c2)C1c1ccco1)c1cccs1. The van der Waals surface area contributed by atoms with Crippen molar-refractivity contribution in [2.24, 2.45) is 0 Å². The molecular formula is C20H12F3NO4S. The second kappa shape index (κ2) is 6.93. The first kappa shape index (κ1) is 19.0. The van der Waals surface area contributed by atoms with Crippen molar-refractivity contribution >= 4 is 28.7 Å². The molecule has 1 aromatic carbocycles. The van der Waals surface area contributed by atoms with Gasteiger partial charge in [-0.1, -0.05) is 12.1 Å². The smallest absolute Gasteiger partial charge is 0.416 e. The molecule has 1 atom stereocenters. The first-order valence-electron chi connectivity index (χ1n) is 8.34. The zero-order valence-corrected chi connectivity index (χ0v) is 15.3. The molecule has 0 radical (unpaired) electrons. The molecule has 3 heterocycles. The number of nitrogens with zero attached hydrogens (tertiary/aromatic N) is 1. The summed E-state index contributed by atoms with van der Waals surface area (Å²) >= 11 is 1.12. The van der Waals surface area contributed by atoms with Crippen molar-refractivity contribution in [3.8, 4) is 0 Å². The molecule has 9 heteroatoms. The Morgan fingerprint density at radius 3 is 2.55 bits per heavy atom. The molecule has 0 bridgehead atoms. The molecule has 1 aliphatic heterocycles. The van der Waals surface area contributed by atoms with E-state index in [0.29, 0.717) is 0 Å². The van der Waals surface area contributed by atoms with Crippen LogP contribution in [0.1, 0.15) is 27.0 Å². The van der Waals surface area contributed by atoms with Crippen LogP contribution in [0.3, 0.4) is 0 Å². The van der Waals surface area contributed by atoms with Crippen LogP contribution in [0.4, 0.5) is 18.9 Å². The molecule has 5 nitrogen and oxygen atoms in total. The van der Waals surface area contributed by atoms with E-state index >= 15 is 0 Å². The van der Waals surface area contributed by atoms with Crippen molar-refractivity contribution in [3.63, 3.8) is 0 Å². The first-order chi connectivity index (χ1) is 13.8. The lowest BCUT2D eigenvalue weighted by Crippen LogP contribution is -2.31. The number of carbonyl (C=O) groups is 2. The van der Waals surface area contributed by atoms with E-state index < -0.39 is 35.2 Å². The first-order valence-corrected chi connectivity index (χ1v) is 9.22. The van der Waals surface area contributed by atoms with Crippen LogP contribution < -0.4 is 4.90 Å². The number of aliphatic hydroxyl groups excluding tert-OH is 1. The number of hydrogen-bond acceptors (Lipinski definition) is 5. The van der Waals surface area contributed by atoms with Crippen LogP contribution in [0, 0.1) is 0 Å². The summed E-state index contributed by atoms with van der Waals surface area (Å²) in [5.74, 6) is -2.26. The van der Waals surface area contributed by atoms with Crippen LogP contribution in [0.2, 0.25) is 0 Å². The Kier molecular flexibility index (Phi) is 4.54. The van der Waals surface area contributed by atoms with E-state index in [1.807, 2.05) is 0 Å². The number of ketones is 1. The van der Waals surface area contributed by atoms with Crippen LogP contribution in [0.25, 0.3) is 0 Å². The van der Waals surface area contributed by atoms with Gasteiger partial charge in [0.1, 0.15) is 11.8 Å². The number of hydrogen-bond donors (Lipinski definition) is 1. The molecule has 1 N–H and O–H groups in total. The minimum absolute atomic E-state index is 0.119. The molecule has 0 saturated heterocycles. The monoisotopic (exact) mass is 419 g/mol. The van der Waals surface area contributed by atoms with Gasteiger partial charge in [0, 0.05) is 5.69 Å². The highest BCUT2D eigenvalue weighted by molar-refractivity contribution is 7.12. The number of benzene rings is 1. The van der Waals surface area contributed by atoms with E-state index in [0.717, 1.165) is 34.4 Å². The fourth-order valence-corrected chi connectivity index (χ4v) is 3.87. The fraction of sp³-hybridized carbons (Fsp3) is 0.100. The van der Waals surface area contributed by atoms with Gasteiger partial charge in [0.25, 0.3) is 5.91 Å². The molecule has 0 fully saturated rings. The largest absolute Gasteiger partial charge is 0.503 e. The van der Waals surface area contributed by atoms with Crippen molar-refractivity contribution < 1.29 is 32.3 Å². The number of amides is 1. The molecule has 4 rings (SSSR count). The summed E-state index contributed by atoms with van der Waals surface area (Å²) < 4.78 is 44.8. The Bertz CT molecular complexity index is 1100. The van der Waals surface area contributed by atoms with Gasteiger partial charge in [0.2, 0.25) is 5.78 Å². The quantitative estimate of drug-likeness (QED) is 0.595. The van der Waals surface area contributed by atoms with E-state index in [1.54, 1.807) is 11.4 Å². The molecule has 2 aromatic heterocycles. The van der Waals surface area contributed by atoms with Gasteiger partial charge in [-0.25, -0.2) is 0 Å². The third-order valence-corrected chi connectivity index (χ3v) is 5.33. The molecule has 0 aliphatic carbocycles. The molecule has 1 aliphatic rings. The minimum Gasteiger partial charge on any atom is -0.503 e. The van der Waals surface area contributed by atoms with Crippen molar-refractivity contribution in [2.45, 2.75) is 12.2 Å². The van der Waals surface area contributed by atoms with Gasteiger partial charge < -0.3 is 9.52 Å². The number of anilines is 1. The number of rotatable bonds is 4. The Morgan fingerprint density at radius 1 is 1.14 bits per heavy atom. The van der Waals surface area contributed by atoms with Gasteiger partial charge in [-0.3, -0.25) is 14.5 Å². The zero-order valence-electron chi connectivity index (χ0n) is 14.5. The highest BCUT2D eigenvalue weighted by atomic mass is 32.1. The maximum absolute atomic E-state index is 13.2. The number of aliphatic hydroxyl groups is 1. The van der Waals surface area contributed by atoms with E-state index in [9.17, 15) is 27.9 Å². The molecule has 1 unspecified atom stereocenters. The number of carbonyl (C=O) groups excluding carboxylic acids is 2. The molecule has 3 aromatic rings. The lowest BCUT2D eigenvalue weighted by atomic mass is 9.99. The normalized spacial score (nSPS) is 17.3. The van der Waals surface area contributed by atoms with Crippen molar-refractivity contribution in [1.82, 2.24) is 0 Å². The van der Waals surface area contributed by atoms with Crippen LogP contribution in [0.15, 0.2) is 75.9 Å². The van der Waals surface area contributed by atoms with Crippen molar-refractivity contribution in [3.05, 3.63) is 87.7 Å². The third kappa shape index (κ3) is 3.23.